The number of ether oxygens (including phenoxy) is 1. The van der Waals surface area contributed by atoms with Crippen molar-refractivity contribution in [2.45, 2.75) is 38.3 Å². The normalized spacial score (nSPS) is 21.6. The average Bonchev–Trinajstić information content (AvgIpc) is 2.83. The van der Waals surface area contributed by atoms with Gasteiger partial charge < -0.3 is 10.1 Å². The van der Waals surface area contributed by atoms with E-state index >= 15 is 0 Å². The Hall–Kier alpha value is -0.930. The molecule has 2 nitrogen and oxygen atoms in total. The van der Waals surface area contributed by atoms with Gasteiger partial charge in [0.25, 0.3) is 0 Å². The van der Waals surface area contributed by atoms with Crippen LogP contribution in [0.3, 0.4) is 0 Å². The van der Waals surface area contributed by atoms with Crippen molar-refractivity contribution < 1.29 is 9.13 Å². The molecule has 17 heavy (non-hydrogen) atoms. The Balaban J connectivity index is 1.91. The fraction of sp³-hybridized carbons (Fsp3) is 0.571. The molecule has 1 saturated heterocycles. The van der Waals surface area contributed by atoms with Gasteiger partial charge in [-0.1, -0.05) is 19.1 Å². The van der Waals surface area contributed by atoms with E-state index in [1.807, 2.05) is 6.07 Å². The molecular weight excluding hydrogens is 217 g/mol. The zero-order valence-electron chi connectivity index (χ0n) is 10.3. The molecule has 0 bridgehead atoms. The van der Waals surface area contributed by atoms with Gasteiger partial charge in [-0.3, -0.25) is 0 Å². The molecule has 0 spiro atoms. The summed E-state index contributed by atoms with van der Waals surface area (Å²) in [5.41, 5.74) is 1.02. The van der Waals surface area contributed by atoms with Crippen LogP contribution < -0.4 is 5.32 Å². The van der Waals surface area contributed by atoms with Gasteiger partial charge in [0.05, 0.1) is 6.10 Å². The fourth-order valence-electron chi connectivity index (χ4n) is 2.30. The molecule has 0 saturated carbocycles. The molecule has 2 atom stereocenters. The zero-order chi connectivity index (χ0) is 12.1. The zero-order valence-corrected chi connectivity index (χ0v) is 10.3. The Kier molecular flexibility index (Phi) is 4.51. The first-order valence-electron chi connectivity index (χ1n) is 6.40. The van der Waals surface area contributed by atoms with E-state index in [-0.39, 0.29) is 11.9 Å². The van der Waals surface area contributed by atoms with E-state index in [4.69, 9.17) is 4.74 Å². The Bertz CT molecular complexity index is 350. The first-order chi connectivity index (χ1) is 8.29. The number of halogens is 1. The molecule has 94 valence electrons. The third-order valence-corrected chi connectivity index (χ3v) is 3.28. The van der Waals surface area contributed by atoms with Gasteiger partial charge >= 0.3 is 0 Å². The Labute approximate surface area is 102 Å². The lowest BCUT2D eigenvalue weighted by Gasteiger charge is -2.20. The van der Waals surface area contributed by atoms with Crippen LogP contribution in [-0.2, 0) is 4.74 Å². The van der Waals surface area contributed by atoms with Gasteiger partial charge in [-0.05, 0) is 37.0 Å². The molecule has 3 heteroatoms. The summed E-state index contributed by atoms with van der Waals surface area (Å²) in [6.45, 7) is 3.84. The monoisotopic (exact) mass is 237 g/mol. The van der Waals surface area contributed by atoms with Crippen molar-refractivity contribution in [2.24, 2.45) is 0 Å². The van der Waals surface area contributed by atoms with Crippen LogP contribution in [0.2, 0.25) is 0 Å². The van der Waals surface area contributed by atoms with Crippen LogP contribution in [0, 0.1) is 5.82 Å². The minimum atomic E-state index is -0.167. The summed E-state index contributed by atoms with van der Waals surface area (Å²) in [6.07, 6.45) is 3.57. The first kappa shape index (κ1) is 12.5. The lowest BCUT2D eigenvalue weighted by atomic mass is 10.0. The molecule has 1 aliphatic rings. The second-order valence-electron chi connectivity index (χ2n) is 4.56. The maximum absolute atomic E-state index is 13.2. The highest BCUT2D eigenvalue weighted by molar-refractivity contribution is 5.20. The van der Waals surface area contributed by atoms with E-state index < -0.39 is 0 Å². The third kappa shape index (κ3) is 3.51. The van der Waals surface area contributed by atoms with Gasteiger partial charge in [0.2, 0.25) is 0 Å². The summed E-state index contributed by atoms with van der Waals surface area (Å²) >= 11 is 0. The van der Waals surface area contributed by atoms with Crippen LogP contribution >= 0.6 is 0 Å². The number of hydrogen-bond acceptors (Lipinski definition) is 2. The molecule has 1 N–H and O–H groups in total. The average molecular weight is 237 g/mol. The highest BCUT2D eigenvalue weighted by Gasteiger charge is 2.17. The molecule has 0 amide bonds. The summed E-state index contributed by atoms with van der Waals surface area (Å²) in [5.74, 6) is -0.167. The second kappa shape index (κ2) is 6.12. The standard InChI is InChI=1S/C14H20FNO/c1-2-14(11-5-3-6-12(15)9-11)16-10-13-7-4-8-17-13/h3,5-6,9,13-14,16H,2,4,7-8,10H2,1H3. The summed E-state index contributed by atoms with van der Waals surface area (Å²) < 4.78 is 18.7. The predicted molar refractivity (Wildman–Crippen MR) is 66.4 cm³/mol. The molecule has 2 unspecified atom stereocenters. The minimum Gasteiger partial charge on any atom is -0.377 e. The first-order valence-corrected chi connectivity index (χ1v) is 6.40. The predicted octanol–water partition coefficient (Wildman–Crippen LogP) is 3.05. The topological polar surface area (TPSA) is 21.3 Å². The van der Waals surface area contributed by atoms with Crippen molar-refractivity contribution in [3.8, 4) is 0 Å². The van der Waals surface area contributed by atoms with Crippen LogP contribution in [0.1, 0.15) is 37.8 Å². The molecule has 2 rings (SSSR count). The van der Waals surface area contributed by atoms with Crippen molar-refractivity contribution >= 4 is 0 Å². The highest BCUT2D eigenvalue weighted by Crippen LogP contribution is 2.19. The lowest BCUT2D eigenvalue weighted by molar-refractivity contribution is 0.107. The Morgan fingerprint density at radius 2 is 2.41 bits per heavy atom. The van der Waals surface area contributed by atoms with Crippen LogP contribution in [-0.4, -0.2) is 19.3 Å². The van der Waals surface area contributed by atoms with Crippen LogP contribution in [0.4, 0.5) is 4.39 Å². The van der Waals surface area contributed by atoms with Crippen LogP contribution in [0.5, 0.6) is 0 Å². The molecule has 1 aromatic carbocycles. The summed E-state index contributed by atoms with van der Waals surface area (Å²) in [5, 5.41) is 3.46. The fourth-order valence-corrected chi connectivity index (χ4v) is 2.30. The van der Waals surface area contributed by atoms with Gasteiger partial charge in [0.15, 0.2) is 0 Å². The van der Waals surface area contributed by atoms with Gasteiger partial charge in [0.1, 0.15) is 5.82 Å². The molecule has 0 aliphatic carbocycles. The van der Waals surface area contributed by atoms with Gasteiger partial charge in [-0.2, -0.15) is 0 Å². The molecule has 1 fully saturated rings. The van der Waals surface area contributed by atoms with E-state index in [9.17, 15) is 4.39 Å². The molecule has 1 aromatic rings. The summed E-state index contributed by atoms with van der Waals surface area (Å²) in [6, 6.07) is 7.04. The number of rotatable bonds is 5. The highest BCUT2D eigenvalue weighted by atomic mass is 19.1. The number of nitrogens with one attached hydrogen (secondary N) is 1. The summed E-state index contributed by atoms with van der Waals surface area (Å²) in [4.78, 5) is 0. The number of benzene rings is 1. The van der Waals surface area contributed by atoms with Crippen molar-refractivity contribution in [1.82, 2.24) is 5.32 Å². The van der Waals surface area contributed by atoms with E-state index in [1.54, 1.807) is 12.1 Å². The molecular formula is C14H20FNO. The van der Waals surface area contributed by atoms with Crippen molar-refractivity contribution in [3.05, 3.63) is 35.6 Å². The Morgan fingerprint density at radius 3 is 3.06 bits per heavy atom. The minimum absolute atomic E-state index is 0.167. The largest absolute Gasteiger partial charge is 0.377 e. The third-order valence-electron chi connectivity index (χ3n) is 3.28. The van der Waals surface area contributed by atoms with Gasteiger partial charge in [-0.15, -0.1) is 0 Å². The smallest absolute Gasteiger partial charge is 0.123 e. The maximum Gasteiger partial charge on any atom is 0.123 e. The summed E-state index contributed by atoms with van der Waals surface area (Å²) in [7, 11) is 0. The van der Waals surface area contributed by atoms with E-state index in [0.717, 1.165) is 38.0 Å². The van der Waals surface area contributed by atoms with Crippen molar-refractivity contribution in [2.75, 3.05) is 13.2 Å². The van der Waals surface area contributed by atoms with Crippen molar-refractivity contribution in [1.29, 1.82) is 0 Å². The van der Waals surface area contributed by atoms with Crippen LogP contribution in [0.15, 0.2) is 24.3 Å². The van der Waals surface area contributed by atoms with Gasteiger partial charge in [-0.25, -0.2) is 4.39 Å². The van der Waals surface area contributed by atoms with E-state index in [1.165, 1.54) is 6.07 Å². The van der Waals surface area contributed by atoms with E-state index in [2.05, 4.69) is 12.2 Å². The Morgan fingerprint density at radius 1 is 1.53 bits per heavy atom. The second-order valence-corrected chi connectivity index (χ2v) is 4.56. The maximum atomic E-state index is 13.2. The van der Waals surface area contributed by atoms with Gasteiger partial charge in [0, 0.05) is 19.2 Å². The van der Waals surface area contributed by atoms with Crippen molar-refractivity contribution in [3.63, 3.8) is 0 Å². The number of hydrogen-bond donors (Lipinski definition) is 1. The molecule has 1 heterocycles. The molecule has 0 aromatic heterocycles. The molecule has 0 radical (unpaired) electrons. The van der Waals surface area contributed by atoms with E-state index in [0.29, 0.717) is 6.10 Å². The quantitative estimate of drug-likeness (QED) is 0.850. The SMILES string of the molecule is CCC(NCC1CCCO1)c1cccc(F)c1. The lowest BCUT2D eigenvalue weighted by Crippen LogP contribution is -2.29. The molecule has 1 aliphatic heterocycles. The van der Waals surface area contributed by atoms with Crippen LogP contribution in [0.25, 0.3) is 0 Å².